The molecule has 114 valence electrons. The zero-order valence-electron chi connectivity index (χ0n) is 13.2. The summed E-state index contributed by atoms with van der Waals surface area (Å²) < 4.78 is 6.50. The number of benzene rings is 1. The summed E-state index contributed by atoms with van der Waals surface area (Å²) in [6.07, 6.45) is 0. The van der Waals surface area contributed by atoms with Gasteiger partial charge in [0.05, 0.1) is 12.8 Å². The van der Waals surface area contributed by atoms with Gasteiger partial charge in [-0.05, 0) is 42.2 Å². The third-order valence-corrected chi connectivity index (χ3v) is 5.29. The maximum atomic E-state index is 5.47. The molecule has 0 aliphatic rings. The lowest BCUT2D eigenvalue weighted by molar-refractivity contribution is 0.416. The van der Waals surface area contributed by atoms with Crippen molar-refractivity contribution in [3.05, 3.63) is 44.1 Å². The molecule has 0 saturated carbocycles. The molecule has 0 spiro atoms. The first kappa shape index (κ1) is 16.4. The van der Waals surface area contributed by atoms with Crippen LogP contribution in [-0.2, 0) is 12.0 Å². The maximum Gasteiger partial charge on any atom is 0.143 e. The van der Waals surface area contributed by atoms with Gasteiger partial charge in [0.1, 0.15) is 5.75 Å². The van der Waals surface area contributed by atoms with Crippen LogP contribution >= 0.6 is 27.3 Å². The number of thiophene rings is 1. The molecule has 0 unspecified atom stereocenters. The number of hydrogen-bond donors (Lipinski definition) is 1. The maximum absolute atomic E-state index is 5.47. The summed E-state index contributed by atoms with van der Waals surface area (Å²) in [7, 11) is 1.70. The highest BCUT2D eigenvalue weighted by Gasteiger charge is 2.16. The van der Waals surface area contributed by atoms with Gasteiger partial charge in [-0.1, -0.05) is 36.7 Å². The minimum Gasteiger partial charge on any atom is -0.495 e. The van der Waals surface area contributed by atoms with E-state index in [0.717, 1.165) is 22.5 Å². The molecule has 0 saturated heterocycles. The van der Waals surface area contributed by atoms with Crippen LogP contribution < -0.4 is 10.1 Å². The van der Waals surface area contributed by atoms with Gasteiger partial charge in [0.2, 0.25) is 0 Å². The summed E-state index contributed by atoms with van der Waals surface area (Å²) in [5, 5.41) is 3.51. The zero-order valence-corrected chi connectivity index (χ0v) is 15.6. The average molecular weight is 368 g/mol. The third-order valence-electron chi connectivity index (χ3n) is 3.32. The summed E-state index contributed by atoms with van der Waals surface area (Å²) in [6.45, 7) is 9.65. The predicted octanol–water partition coefficient (Wildman–Crippen LogP) is 5.74. The van der Waals surface area contributed by atoms with Crippen molar-refractivity contribution in [2.45, 2.75) is 39.7 Å². The number of aryl methyl sites for hydroxylation is 1. The first-order chi connectivity index (χ1) is 9.81. The van der Waals surface area contributed by atoms with Gasteiger partial charge in [-0.25, -0.2) is 0 Å². The molecular weight excluding hydrogens is 346 g/mol. The first-order valence-corrected chi connectivity index (χ1v) is 8.59. The molecule has 0 bridgehead atoms. The minimum atomic E-state index is 0.216. The van der Waals surface area contributed by atoms with E-state index in [1.807, 2.05) is 17.4 Å². The summed E-state index contributed by atoms with van der Waals surface area (Å²) in [5.74, 6) is 0.870. The van der Waals surface area contributed by atoms with E-state index in [4.69, 9.17) is 4.74 Å². The summed E-state index contributed by atoms with van der Waals surface area (Å²) >= 11 is 5.37. The SMILES string of the molecule is COc1cc(Br)cc(C)c1NCc1ccc(C(C)(C)C)s1. The number of rotatable bonds is 4. The highest BCUT2D eigenvalue weighted by molar-refractivity contribution is 9.10. The molecule has 1 heterocycles. The lowest BCUT2D eigenvalue weighted by Gasteiger charge is -2.16. The fraction of sp³-hybridized carbons (Fsp3) is 0.412. The van der Waals surface area contributed by atoms with E-state index in [0.29, 0.717) is 0 Å². The highest BCUT2D eigenvalue weighted by atomic mass is 79.9. The molecule has 1 N–H and O–H groups in total. The number of methoxy groups -OCH3 is 1. The van der Waals surface area contributed by atoms with Crippen LogP contribution in [0.25, 0.3) is 0 Å². The van der Waals surface area contributed by atoms with Gasteiger partial charge in [0, 0.05) is 20.8 Å². The standard InChI is InChI=1S/C17H22BrNOS/c1-11-8-12(18)9-14(20-5)16(11)19-10-13-6-7-15(21-13)17(2,3)4/h6-9,19H,10H2,1-5H3. The van der Waals surface area contributed by atoms with Crippen molar-refractivity contribution in [1.82, 2.24) is 0 Å². The molecule has 1 aromatic carbocycles. The normalized spacial score (nSPS) is 11.5. The molecule has 0 fully saturated rings. The van der Waals surface area contributed by atoms with Crippen LogP contribution in [0.3, 0.4) is 0 Å². The number of nitrogens with one attached hydrogen (secondary N) is 1. The van der Waals surface area contributed by atoms with Crippen molar-refractivity contribution in [3.63, 3.8) is 0 Å². The second kappa shape index (κ2) is 6.41. The number of ether oxygens (including phenoxy) is 1. The Labute approximate surface area is 139 Å². The van der Waals surface area contributed by atoms with Crippen molar-refractivity contribution >= 4 is 33.0 Å². The summed E-state index contributed by atoms with van der Waals surface area (Å²) in [6, 6.07) is 8.52. The Kier molecular flexibility index (Phi) is 4.99. The molecule has 2 nitrogen and oxygen atoms in total. The number of anilines is 1. The lowest BCUT2D eigenvalue weighted by Crippen LogP contribution is -2.07. The summed E-state index contributed by atoms with van der Waals surface area (Å²) in [4.78, 5) is 2.75. The Morgan fingerprint density at radius 2 is 1.95 bits per heavy atom. The van der Waals surface area contributed by atoms with Crippen LogP contribution in [-0.4, -0.2) is 7.11 Å². The van der Waals surface area contributed by atoms with E-state index in [1.54, 1.807) is 7.11 Å². The topological polar surface area (TPSA) is 21.3 Å². The van der Waals surface area contributed by atoms with Crippen molar-refractivity contribution in [2.24, 2.45) is 0 Å². The largest absolute Gasteiger partial charge is 0.495 e. The molecule has 0 atom stereocenters. The van der Waals surface area contributed by atoms with Gasteiger partial charge >= 0.3 is 0 Å². The van der Waals surface area contributed by atoms with Crippen LogP contribution in [0.4, 0.5) is 5.69 Å². The van der Waals surface area contributed by atoms with Crippen LogP contribution in [0.2, 0.25) is 0 Å². The second-order valence-electron chi connectivity index (χ2n) is 6.17. The van der Waals surface area contributed by atoms with Crippen LogP contribution in [0.15, 0.2) is 28.7 Å². The average Bonchev–Trinajstić information content (AvgIpc) is 2.85. The van der Waals surface area contributed by atoms with Crippen LogP contribution in [0, 0.1) is 6.92 Å². The smallest absolute Gasteiger partial charge is 0.143 e. The quantitative estimate of drug-likeness (QED) is 0.743. The predicted molar refractivity (Wildman–Crippen MR) is 95.8 cm³/mol. The summed E-state index contributed by atoms with van der Waals surface area (Å²) in [5.41, 5.74) is 2.45. The van der Waals surface area contributed by atoms with Gasteiger partial charge < -0.3 is 10.1 Å². The molecule has 0 aliphatic heterocycles. The van der Waals surface area contributed by atoms with Gasteiger partial charge in [-0.2, -0.15) is 0 Å². The zero-order chi connectivity index (χ0) is 15.6. The van der Waals surface area contributed by atoms with E-state index in [9.17, 15) is 0 Å². The van der Waals surface area contributed by atoms with Crippen molar-refractivity contribution < 1.29 is 4.74 Å². The third kappa shape index (κ3) is 4.01. The molecular formula is C17H22BrNOS. The molecule has 0 aliphatic carbocycles. The van der Waals surface area contributed by atoms with Crippen molar-refractivity contribution in [2.75, 3.05) is 12.4 Å². The first-order valence-electron chi connectivity index (χ1n) is 6.98. The molecule has 2 rings (SSSR count). The Hall–Kier alpha value is -1.00. The van der Waals surface area contributed by atoms with Crippen molar-refractivity contribution in [3.8, 4) is 5.75 Å². The molecule has 0 radical (unpaired) electrons. The van der Waals surface area contributed by atoms with Gasteiger partial charge in [-0.3, -0.25) is 0 Å². The minimum absolute atomic E-state index is 0.216. The van der Waals surface area contributed by atoms with Gasteiger partial charge in [-0.15, -0.1) is 11.3 Å². The van der Waals surface area contributed by atoms with E-state index in [1.165, 1.54) is 15.3 Å². The fourth-order valence-electron chi connectivity index (χ4n) is 2.15. The molecule has 0 amide bonds. The number of hydrogen-bond acceptors (Lipinski definition) is 3. The highest BCUT2D eigenvalue weighted by Crippen LogP contribution is 2.34. The number of halogens is 1. The lowest BCUT2D eigenvalue weighted by atomic mass is 9.95. The fourth-order valence-corrected chi connectivity index (χ4v) is 3.71. The van der Waals surface area contributed by atoms with E-state index < -0.39 is 0 Å². The van der Waals surface area contributed by atoms with Gasteiger partial charge in [0.25, 0.3) is 0 Å². The van der Waals surface area contributed by atoms with E-state index in [2.05, 4.69) is 67.1 Å². The molecule has 1 aromatic heterocycles. The van der Waals surface area contributed by atoms with Crippen LogP contribution in [0.5, 0.6) is 5.75 Å². The monoisotopic (exact) mass is 367 g/mol. The van der Waals surface area contributed by atoms with E-state index in [-0.39, 0.29) is 5.41 Å². The molecule has 4 heteroatoms. The van der Waals surface area contributed by atoms with Gasteiger partial charge in [0.15, 0.2) is 0 Å². The Morgan fingerprint density at radius 1 is 1.24 bits per heavy atom. The van der Waals surface area contributed by atoms with Crippen LogP contribution in [0.1, 0.15) is 36.1 Å². The molecule has 21 heavy (non-hydrogen) atoms. The Morgan fingerprint density at radius 3 is 2.52 bits per heavy atom. The molecule has 2 aromatic rings. The Balaban J connectivity index is 2.15. The Bertz CT molecular complexity index is 628. The second-order valence-corrected chi connectivity index (χ2v) is 8.25. The van der Waals surface area contributed by atoms with E-state index >= 15 is 0 Å². The van der Waals surface area contributed by atoms with Crippen molar-refractivity contribution in [1.29, 1.82) is 0 Å².